The molecular weight excluding hydrogens is 408 g/mol. The van der Waals surface area contributed by atoms with Crippen molar-refractivity contribution in [1.82, 2.24) is 4.31 Å². The Labute approximate surface area is 173 Å². The monoisotopic (exact) mass is 426 g/mol. The average molecular weight is 426 g/mol. The molecule has 0 unspecified atom stereocenters. The molecule has 8 nitrogen and oxygen atoms in total. The molecule has 0 saturated heterocycles. The lowest BCUT2D eigenvalue weighted by Gasteiger charge is -2.17. The minimum absolute atomic E-state index is 0.00224. The van der Waals surface area contributed by atoms with E-state index in [9.17, 15) is 23.6 Å². The molecule has 1 aliphatic heterocycles. The molecule has 3 aromatic rings. The fourth-order valence-electron chi connectivity index (χ4n) is 3.43. The predicted octanol–water partition coefficient (Wildman–Crippen LogP) is 3.29. The predicted molar refractivity (Wildman–Crippen MR) is 108 cm³/mol. The van der Waals surface area contributed by atoms with Crippen LogP contribution in [0, 0.1) is 0 Å². The smallest absolute Gasteiger partial charge is 0.269 e. The maximum absolute atomic E-state index is 12.8. The first-order valence-electron chi connectivity index (χ1n) is 8.94. The van der Waals surface area contributed by atoms with Crippen molar-refractivity contribution < 1.29 is 28.4 Å². The van der Waals surface area contributed by atoms with E-state index in [4.69, 9.17) is 4.74 Å². The summed E-state index contributed by atoms with van der Waals surface area (Å²) >= 11 is 0. The first-order chi connectivity index (χ1) is 14.3. The molecule has 0 atom stereocenters. The zero-order valence-electron chi connectivity index (χ0n) is 15.9. The zero-order chi connectivity index (χ0) is 21.5. The Balaban J connectivity index is 1.73. The molecule has 1 amide bonds. The second-order valence-corrected chi connectivity index (χ2v) is 8.52. The molecule has 0 aliphatic carbocycles. The van der Waals surface area contributed by atoms with Crippen LogP contribution < -0.4 is 9.96 Å². The Morgan fingerprint density at radius 3 is 2.43 bits per heavy atom. The topological polar surface area (TPSA) is 107 Å². The molecule has 9 heteroatoms. The number of nitrogens with zero attached hydrogens (tertiary/aromatic N) is 2. The number of hydrogen-bond donors (Lipinski definition) is 2. The first-order valence-corrected chi connectivity index (χ1v) is 10.4. The van der Waals surface area contributed by atoms with Crippen LogP contribution in [0.25, 0.3) is 11.1 Å². The third-order valence-electron chi connectivity index (χ3n) is 4.89. The molecule has 0 saturated carbocycles. The Morgan fingerprint density at radius 1 is 0.967 bits per heavy atom. The standard InChI is InChI=1S/C21H18N2O6S/c1-29-19-10-9-14(11-18(19)15-5-4-6-16(12-15)23(25)26)13-22-21(24)17-7-2-3-8-20(17)30(22,27)28/h2-12,25-26H,13H2,1H3. The van der Waals surface area contributed by atoms with Crippen LogP contribution in [-0.2, 0) is 16.6 Å². The van der Waals surface area contributed by atoms with E-state index in [0.29, 0.717) is 22.4 Å². The van der Waals surface area contributed by atoms with Crippen molar-refractivity contribution in [2.75, 3.05) is 12.3 Å². The molecule has 0 radical (unpaired) electrons. The highest BCUT2D eigenvalue weighted by Gasteiger charge is 2.40. The summed E-state index contributed by atoms with van der Waals surface area (Å²) in [5.74, 6) is -0.0570. The van der Waals surface area contributed by atoms with Gasteiger partial charge in [-0.2, -0.15) is 0 Å². The Kier molecular flexibility index (Phi) is 4.94. The second-order valence-electron chi connectivity index (χ2n) is 6.69. The van der Waals surface area contributed by atoms with E-state index in [1.807, 2.05) is 0 Å². The molecule has 154 valence electrons. The van der Waals surface area contributed by atoms with Crippen LogP contribution >= 0.6 is 0 Å². The molecule has 2 N–H and O–H groups in total. The van der Waals surface area contributed by atoms with Gasteiger partial charge in [-0.1, -0.05) is 30.3 Å². The van der Waals surface area contributed by atoms with Crippen LogP contribution in [0.15, 0.2) is 71.6 Å². The summed E-state index contributed by atoms with van der Waals surface area (Å²) in [5.41, 5.74) is 2.11. The molecule has 30 heavy (non-hydrogen) atoms. The Morgan fingerprint density at radius 2 is 1.73 bits per heavy atom. The van der Waals surface area contributed by atoms with Crippen LogP contribution in [0.1, 0.15) is 15.9 Å². The lowest BCUT2D eigenvalue weighted by Crippen LogP contribution is -2.29. The molecule has 0 spiro atoms. The van der Waals surface area contributed by atoms with E-state index in [2.05, 4.69) is 0 Å². The van der Waals surface area contributed by atoms with Gasteiger partial charge in [0.15, 0.2) is 0 Å². The minimum Gasteiger partial charge on any atom is -0.496 e. The molecule has 0 aromatic heterocycles. The van der Waals surface area contributed by atoms with E-state index in [-0.39, 0.29) is 27.9 Å². The highest BCUT2D eigenvalue weighted by atomic mass is 32.2. The van der Waals surface area contributed by atoms with Gasteiger partial charge in [-0.05, 0) is 47.5 Å². The normalized spacial score (nSPS) is 14.5. The molecule has 4 rings (SSSR count). The van der Waals surface area contributed by atoms with Gasteiger partial charge in [-0.25, -0.2) is 12.7 Å². The summed E-state index contributed by atoms with van der Waals surface area (Å²) in [5, 5.41) is 18.6. The number of benzene rings is 3. The molecule has 0 bridgehead atoms. The molecule has 1 aliphatic rings. The third-order valence-corrected chi connectivity index (χ3v) is 6.68. The van der Waals surface area contributed by atoms with Gasteiger partial charge < -0.3 is 4.74 Å². The Bertz CT molecular complexity index is 1240. The lowest BCUT2D eigenvalue weighted by molar-refractivity contribution is 0.0292. The number of ether oxygens (including phenoxy) is 1. The average Bonchev–Trinajstić information content (AvgIpc) is 2.94. The summed E-state index contributed by atoms with van der Waals surface area (Å²) in [6.45, 7) is -0.140. The number of rotatable bonds is 5. The van der Waals surface area contributed by atoms with Crippen LogP contribution in [0.5, 0.6) is 5.75 Å². The Hall–Kier alpha value is -3.40. The SMILES string of the molecule is COc1ccc(CN2C(=O)c3ccccc3S2(=O)=O)cc1-c1cccc(N(O)O)c1. The summed E-state index contributed by atoms with van der Waals surface area (Å²) in [6.07, 6.45) is 0. The molecule has 0 fully saturated rings. The van der Waals surface area contributed by atoms with Crippen LogP contribution in [-0.4, -0.2) is 36.2 Å². The number of amides is 1. The number of anilines is 1. The second kappa shape index (κ2) is 7.45. The van der Waals surface area contributed by atoms with E-state index in [1.54, 1.807) is 42.5 Å². The van der Waals surface area contributed by atoms with Crippen molar-refractivity contribution >= 4 is 21.6 Å². The maximum atomic E-state index is 12.8. The quantitative estimate of drug-likeness (QED) is 0.603. The van der Waals surface area contributed by atoms with Gasteiger partial charge in [0.1, 0.15) is 10.6 Å². The number of methoxy groups -OCH3 is 1. The van der Waals surface area contributed by atoms with Crippen molar-refractivity contribution in [2.45, 2.75) is 11.4 Å². The third kappa shape index (κ3) is 3.28. The fraction of sp³-hybridized carbons (Fsp3) is 0.0952. The van der Waals surface area contributed by atoms with Gasteiger partial charge in [-0.15, -0.1) is 5.23 Å². The highest BCUT2D eigenvalue weighted by molar-refractivity contribution is 7.90. The maximum Gasteiger partial charge on any atom is 0.269 e. The summed E-state index contributed by atoms with van der Waals surface area (Å²) in [4.78, 5) is 12.7. The van der Waals surface area contributed by atoms with Crippen molar-refractivity contribution in [3.63, 3.8) is 0 Å². The van der Waals surface area contributed by atoms with Crippen molar-refractivity contribution in [2.24, 2.45) is 0 Å². The summed E-state index contributed by atoms with van der Waals surface area (Å²) in [6, 6.07) is 17.6. The number of fused-ring (bicyclic) bond motifs is 1. The van der Waals surface area contributed by atoms with Gasteiger partial charge >= 0.3 is 0 Å². The fourth-order valence-corrected chi connectivity index (χ4v) is 4.99. The first kappa shape index (κ1) is 19.9. The molecule has 3 aromatic carbocycles. The number of sulfonamides is 1. The largest absolute Gasteiger partial charge is 0.496 e. The molecular formula is C21H18N2O6S. The van der Waals surface area contributed by atoms with Crippen LogP contribution in [0.2, 0.25) is 0 Å². The van der Waals surface area contributed by atoms with Gasteiger partial charge in [0.2, 0.25) is 0 Å². The van der Waals surface area contributed by atoms with Gasteiger partial charge in [-0.3, -0.25) is 15.2 Å². The van der Waals surface area contributed by atoms with Crippen LogP contribution in [0.3, 0.4) is 0 Å². The summed E-state index contributed by atoms with van der Waals surface area (Å²) in [7, 11) is -2.43. The van der Waals surface area contributed by atoms with E-state index >= 15 is 0 Å². The van der Waals surface area contributed by atoms with E-state index in [0.717, 1.165) is 4.31 Å². The minimum atomic E-state index is -3.93. The van der Waals surface area contributed by atoms with Crippen molar-refractivity contribution in [3.8, 4) is 16.9 Å². The van der Waals surface area contributed by atoms with Crippen molar-refractivity contribution in [1.29, 1.82) is 0 Å². The van der Waals surface area contributed by atoms with E-state index in [1.165, 1.54) is 31.4 Å². The highest BCUT2D eigenvalue weighted by Crippen LogP contribution is 2.35. The lowest BCUT2D eigenvalue weighted by atomic mass is 10.0. The molecule has 1 heterocycles. The number of hydrogen-bond acceptors (Lipinski definition) is 7. The van der Waals surface area contributed by atoms with Gasteiger partial charge in [0.05, 0.1) is 24.9 Å². The zero-order valence-corrected chi connectivity index (χ0v) is 16.7. The van der Waals surface area contributed by atoms with E-state index < -0.39 is 15.9 Å². The van der Waals surface area contributed by atoms with Crippen molar-refractivity contribution in [3.05, 3.63) is 77.9 Å². The van der Waals surface area contributed by atoms with Crippen LogP contribution in [0.4, 0.5) is 5.69 Å². The van der Waals surface area contributed by atoms with Gasteiger partial charge in [0, 0.05) is 5.56 Å². The number of carbonyl (C=O) groups excluding carboxylic acids is 1. The number of carbonyl (C=O) groups is 1. The summed E-state index contributed by atoms with van der Waals surface area (Å²) < 4.78 is 31.9. The van der Waals surface area contributed by atoms with Gasteiger partial charge in [0.25, 0.3) is 15.9 Å².